The molecule has 0 amide bonds. The van der Waals surface area contributed by atoms with Crippen LogP contribution in [0.1, 0.15) is 47.7 Å². The van der Waals surface area contributed by atoms with E-state index in [1.165, 1.54) is 19.8 Å². The van der Waals surface area contributed by atoms with E-state index in [9.17, 15) is 22.8 Å². The molecule has 0 bridgehead atoms. The molecule has 2 heterocycles. The van der Waals surface area contributed by atoms with Gasteiger partial charge in [-0.2, -0.15) is 13.2 Å². The van der Waals surface area contributed by atoms with Crippen LogP contribution in [-0.2, 0) is 14.3 Å². The summed E-state index contributed by atoms with van der Waals surface area (Å²) in [6.07, 6.45) is 6.17. The summed E-state index contributed by atoms with van der Waals surface area (Å²) in [5.41, 5.74) is 8.22. The maximum Gasteiger partial charge on any atom is 0.390 e. The molecule has 2 unspecified atom stereocenters. The molecule has 0 spiro atoms. The Morgan fingerprint density at radius 1 is 1.10 bits per heavy atom. The summed E-state index contributed by atoms with van der Waals surface area (Å²) in [6.45, 7) is 3.47. The lowest BCUT2D eigenvalue weighted by Crippen LogP contribution is -2.31. The maximum absolute atomic E-state index is 13.0. The van der Waals surface area contributed by atoms with E-state index in [0.717, 1.165) is 45.7 Å². The van der Waals surface area contributed by atoms with Crippen LogP contribution in [0.2, 0.25) is 0 Å². The number of nitrogens with one attached hydrogen (secondary N) is 1. The number of carbonyl (C=O) groups excluding carboxylic acids is 2. The van der Waals surface area contributed by atoms with Gasteiger partial charge in [-0.1, -0.05) is 35.9 Å². The highest BCUT2D eigenvalue weighted by molar-refractivity contribution is 5.92. The average Bonchev–Trinajstić information content (AvgIpc) is 3.70. The first-order chi connectivity index (χ1) is 19.0. The van der Waals surface area contributed by atoms with Crippen LogP contribution < -0.4 is 5.32 Å². The predicted octanol–water partition coefficient (Wildman–Crippen LogP) is 6.10. The number of methoxy groups -OCH3 is 2. The third-order valence-electron chi connectivity index (χ3n) is 7.69. The smallest absolute Gasteiger partial charge is 0.390 e. The molecule has 1 saturated carbocycles. The number of aryl methyl sites for hydroxylation is 1. The van der Waals surface area contributed by atoms with E-state index in [1.54, 1.807) is 6.07 Å². The Hall–Kier alpha value is -4.01. The molecule has 2 aliphatic heterocycles. The van der Waals surface area contributed by atoms with Crippen molar-refractivity contribution < 1.29 is 32.2 Å². The van der Waals surface area contributed by atoms with Gasteiger partial charge in [0.2, 0.25) is 0 Å². The van der Waals surface area contributed by atoms with Gasteiger partial charge in [-0.05, 0) is 61.1 Å². The molecule has 40 heavy (non-hydrogen) atoms. The SMILES string of the molecule is COC(=O)c1ccc(C2=CN3C(C4=CCC(C(=O)OC)C(C)=C4)=CC4CC4=C3C(NCCC(F)(F)F)=C2)cc1C. The number of hydrogen-bond acceptors (Lipinski definition) is 6. The standard InChI is InChI=1S/C31H31F3N2O4/c1-17-11-19(5-7-23(17)29(37)39-3)22-14-26(35-10-9-31(32,33)34)28-25-13-21(25)15-27(36(28)16-22)20-6-8-24(18(2)12-20)30(38)40-4/h5-7,11-12,14-16,21,24,35H,8-10,13H2,1-4H3. The highest BCUT2D eigenvalue weighted by Crippen LogP contribution is 2.52. The van der Waals surface area contributed by atoms with Crippen molar-refractivity contribution in [3.05, 3.63) is 99.2 Å². The maximum atomic E-state index is 13.0. The largest absolute Gasteiger partial charge is 0.469 e. The lowest BCUT2D eigenvalue weighted by Gasteiger charge is -2.36. The summed E-state index contributed by atoms with van der Waals surface area (Å²) >= 11 is 0. The van der Waals surface area contributed by atoms with Crippen LogP contribution in [0.4, 0.5) is 13.2 Å². The number of ether oxygens (including phenoxy) is 2. The van der Waals surface area contributed by atoms with Gasteiger partial charge in [0, 0.05) is 29.9 Å². The van der Waals surface area contributed by atoms with E-state index >= 15 is 0 Å². The first kappa shape index (κ1) is 27.6. The third-order valence-corrected chi connectivity index (χ3v) is 7.69. The number of halogens is 3. The van der Waals surface area contributed by atoms with Crippen molar-refractivity contribution in [2.75, 3.05) is 20.8 Å². The van der Waals surface area contributed by atoms with Gasteiger partial charge in [-0.15, -0.1) is 0 Å². The number of esters is 2. The Kier molecular flexibility index (Phi) is 7.25. The first-order valence-electron chi connectivity index (χ1n) is 13.1. The second-order valence-corrected chi connectivity index (χ2v) is 10.4. The van der Waals surface area contributed by atoms with Gasteiger partial charge in [0.05, 0.1) is 43.5 Å². The van der Waals surface area contributed by atoms with E-state index in [1.807, 2.05) is 55.3 Å². The number of alkyl halides is 3. The molecule has 210 valence electrons. The third kappa shape index (κ3) is 5.37. The lowest BCUT2D eigenvalue weighted by molar-refractivity contribution is -0.144. The summed E-state index contributed by atoms with van der Waals surface area (Å²) in [4.78, 5) is 26.4. The van der Waals surface area contributed by atoms with E-state index in [0.29, 0.717) is 17.7 Å². The summed E-state index contributed by atoms with van der Waals surface area (Å²) in [6, 6.07) is 5.38. The Morgan fingerprint density at radius 2 is 1.88 bits per heavy atom. The van der Waals surface area contributed by atoms with Crippen LogP contribution in [-0.4, -0.2) is 43.8 Å². The first-order valence-corrected chi connectivity index (χ1v) is 13.1. The molecule has 5 rings (SSSR count). The summed E-state index contributed by atoms with van der Waals surface area (Å²) in [7, 11) is 2.71. The van der Waals surface area contributed by atoms with Crippen LogP contribution >= 0.6 is 0 Å². The molecule has 1 fully saturated rings. The highest BCUT2D eigenvalue weighted by Gasteiger charge is 2.42. The molecule has 1 aromatic rings. The number of rotatable bonds is 7. The zero-order valence-corrected chi connectivity index (χ0v) is 22.8. The number of fused-ring (bicyclic) bond motifs is 2. The van der Waals surface area contributed by atoms with Gasteiger partial charge in [-0.25, -0.2) is 4.79 Å². The average molecular weight is 553 g/mol. The van der Waals surface area contributed by atoms with Crippen LogP contribution in [0.5, 0.6) is 0 Å². The van der Waals surface area contributed by atoms with Crippen molar-refractivity contribution in [2.45, 2.75) is 39.3 Å². The summed E-state index contributed by atoms with van der Waals surface area (Å²) in [5, 5.41) is 3.05. The number of hydrogen-bond donors (Lipinski definition) is 1. The molecule has 2 aliphatic carbocycles. The van der Waals surface area contributed by atoms with E-state index < -0.39 is 18.6 Å². The van der Waals surface area contributed by atoms with Crippen molar-refractivity contribution >= 4 is 17.5 Å². The molecule has 6 nitrogen and oxygen atoms in total. The van der Waals surface area contributed by atoms with E-state index in [2.05, 4.69) is 11.4 Å². The van der Waals surface area contributed by atoms with Crippen LogP contribution in [0.3, 0.4) is 0 Å². The lowest BCUT2D eigenvalue weighted by atomic mass is 9.87. The van der Waals surface area contributed by atoms with Crippen LogP contribution in [0.15, 0.2) is 82.5 Å². The van der Waals surface area contributed by atoms with Gasteiger partial charge in [0.1, 0.15) is 0 Å². The Morgan fingerprint density at radius 3 is 2.52 bits per heavy atom. The van der Waals surface area contributed by atoms with E-state index in [-0.39, 0.29) is 24.3 Å². The van der Waals surface area contributed by atoms with Crippen molar-refractivity contribution in [1.82, 2.24) is 10.2 Å². The number of nitrogens with zero attached hydrogens (tertiary/aromatic N) is 1. The monoisotopic (exact) mass is 552 g/mol. The highest BCUT2D eigenvalue weighted by atomic mass is 19.4. The Bertz CT molecular complexity index is 1460. The van der Waals surface area contributed by atoms with E-state index in [4.69, 9.17) is 9.47 Å². The minimum atomic E-state index is -4.27. The molecule has 2 atom stereocenters. The quantitative estimate of drug-likeness (QED) is 0.413. The zero-order chi connectivity index (χ0) is 28.8. The van der Waals surface area contributed by atoms with Crippen molar-refractivity contribution in [2.24, 2.45) is 11.8 Å². The van der Waals surface area contributed by atoms with Gasteiger partial charge in [0.15, 0.2) is 0 Å². The normalized spacial score (nSPS) is 21.7. The summed E-state index contributed by atoms with van der Waals surface area (Å²) < 4.78 is 48.9. The minimum Gasteiger partial charge on any atom is -0.469 e. The van der Waals surface area contributed by atoms with Crippen molar-refractivity contribution in [3.63, 3.8) is 0 Å². The summed E-state index contributed by atoms with van der Waals surface area (Å²) in [5.74, 6) is -0.834. The van der Waals surface area contributed by atoms with Gasteiger partial charge in [-0.3, -0.25) is 4.79 Å². The van der Waals surface area contributed by atoms with Gasteiger partial charge < -0.3 is 19.7 Å². The molecule has 1 aromatic carbocycles. The number of benzene rings is 1. The second kappa shape index (κ2) is 10.5. The molecular weight excluding hydrogens is 521 g/mol. The van der Waals surface area contributed by atoms with Crippen molar-refractivity contribution in [3.8, 4) is 0 Å². The fourth-order valence-corrected chi connectivity index (χ4v) is 5.48. The fourth-order valence-electron chi connectivity index (χ4n) is 5.48. The molecule has 9 heteroatoms. The van der Waals surface area contributed by atoms with Crippen LogP contribution in [0.25, 0.3) is 5.57 Å². The molecule has 1 N–H and O–H groups in total. The van der Waals surface area contributed by atoms with Crippen LogP contribution in [0, 0.1) is 18.8 Å². The molecular formula is C31H31F3N2O4. The molecule has 0 aromatic heterocycles. The minimum absolute atomic E-state index is 0.221. The number of allylic oxidation sites excluding steroid dienone is 6. The predicted molar refractivity (Wildman–Crippen MR) is 144 cm³/mol. The molecule has 0 saturated heterocycles. The Balaban J connectivity index is 1.53. The second-order valence-electron chi connectivity index (χ2n) is 10.4. The van der Waals surface area contributed by atoms with Crippen molar-refractivity contribution in [1.29, 1.82) is 0 Å². The zero-order valence-electron chi connectivity index (χ0n) is 22.8. The number of carbonyl (C=O) groups is 2. The van der Waals surface area contributed by atoms with Gasteiger partial charge >= 0.3 is 18.1 Å². The topological polar surface area (TPSA) is 67.9 Å². The van der Waals surface area contributed by atoms with Gasteiger partial charge in [0.25, 0.3) is 0 Å². The fraction of sp³-hybridized carbons (Fsp3) is 0.355. The Labute approximate surface area is 231 Å². The molecule has 0 radical (unpaired) electrons. The molecule has 4 aliphatic rings.